The predicted octanol–water partition coefficient (Wildman–Crippen LogP) is 4.34. The number of benzene rings is 2. The van der Waals surface area contributed by atoms with Crippen LogP contribution in [0.15, 0.2) is 48.5 Å². The molecule has 0 heterocycles. The highest BCUT2D eigenvalue weighted by molar-refractivity contribution is 5.97. The van der Waals surface area contributed by atoms with E-state index >= 15 is 0 Å². The van der Waals surface area contributed by atoms with Crippen molar-refractivity contribution >= 4 is 23.4 Å². The molecule has 0 aromatic heterocycles. The van der Waals surface area contributed by atoms with E-state index in [-0.39, 0.29) is 23.8 Å². The van der Waals surface area contributed by atoms with Crippen LogP contribution in [0.25, 0.3) is 0 Å². The summed E-state index contributed by atoms with van der Waals surface area (Å²) in [4.78, 5) is 36.6. The molecule has 1 aliphatic rings. The third kappa shape index (κ3) is 7.34. The number of nitrogens with one attached hydrogen (secondary N) is 3. The first-order chi connectivity index (χ1) is 15.7. The van der Waals surface area contributed by atoms with Crippen molar-refractivity contribution in [3.8, 4) is 5.75 Å². The van der Waals surface area contributed by atoms with Gasteiger partial charge in [-0.25, -0.2) is 0 Å². The van der Waals surface area contributed by atoms with Gasteiger partial charge in [-0.15, -0.1) is 0 Å². The summed E-state index contributed by atoms with van der Waals surface area (Å²) in [5.41, 5.74) is 6.94. The number of hydrazine groups is 1. The zero-order valence-corrected chi connectivity index (χ0v) is 19.6. The van der Waals surface area contributed by atoms with Crippen LogP contribution in [0.2, 0.25) is 0 Å². The Morgan fingerprint density at radius 3 is 2.12 bits per heavy atom. The Hall–Kier alpha value is -3.35. The first-order valence-corrected chi connectivity index (χ1v) is 11.5. The fourth-order valence-electron chi connectivity index (χ4n) is 3.75. The summed E-state index contributed by atoms with van der Waals surface area (Å²) in [7, 11) is 0. The Bertz CT molecular complexity index is 957. The van der Waals surface area contributed by atoms with Gasteiger partial charge in [-0.2, -0.15) is 0 Å². The fourth-order valence-corrected chi connectivity index (χ4v) is 3.75. The number of carbonyl (C=O) groups excluding carboxylic acids is 3. The van der Waals surface area contributed by atoms with Crippen molar-refractivity contribution < 1.29 is 19.1 Å². The average Bonchev–Trinajstić information content (AvgIpc) is 2.82. The van der Waals surface area contributed by atoms with E-state index in [9.17, 15) is 14.4 Å². The Kier molecular flexibility index (Phi) is 8.09. The van der Waals surface area contributed by atoms with Crippen molar-refractivity contribution in [1.29, 1.82) is 0 Å². The Morgan fingerprint density at radius 2 is 1.52 bits per heavy atom. The molecule has 3 amide bonds. The van der Waals surface area contributed by atoms with Crippen molar-refractivity contribution in [2.24, 2.45) is 5.92 Å². The van der Waals surface area contributed by atoms with Gasteiger partial charge in [0.05, 0.1) is 0 Å². The zero-order chi connectivity index (χ0) is 23.8. The number of ether oxygens (including phenoxy) is 1. The minimum Gasteiger partial charge on any atom is -0.484 e. The molecule has 0 atom stereocenters. The highest BCUT2D eigenvalue weighted by Crippen LogP contribution is 2.25. The molecule has 3 rings (SSSR count). The van der Waals surface area contributed by atoms with Crippen molar-refractivity contribution in [2.75, 3.05) is 11.9 Å². The summed E-state index contributed by atoms with van der Waals surface area (Å²) < 4.78 is 5.47. The van der Waals surface area contributed by atoms with Crippen molar-refractivity contribution in [3.63, 3.8) is 0 Å². The van der Waals surface area contributed by atoms with Crippen LogP contribution in [-0.2, 0) is 15.0 Å². The van der Waals surface area contributed by atoms with Gasteiger partial charge in [-0.3, -0.25) is 25.2 Å². The maximum Gasteiger partial charge on any atom is 0.276 e. The van der Waals surface area contributed by atoms with Gasteiger partial charge in [-0.05, 0) is 60.2 Å². The Labute approximate surface area is 195 Å². The quantitative estimate of drug-likeness (QED) is 0.569. The van der Waals surface area contributed by atoms with Gasteiger partial charge in [0.25, 0.3) is 11.8 Å². The van der Waals surface area contributed by atoms with Gasteiger partial charge >= 0.3 is 0 Å². The van der Waals surface area contributed by atoms with E-state index in [4.69, 9.17) is 4.74 Å². The van der Waals surface area contributed by atoms with E-state index < -0.39 is 11.8 Å². The van der Waals surface area contributed by atoms with Crippen molar-refractivity contribution in [1.82, 2.24) is 10.9 Å². The number of rotatable bonds is 6. The van der Waals surface area contributed by atoms with E-state index in [0.717, 1.165) is 25.7 Å². The smallest absolute Gasteiger partial charge is 0.276 e. The lowest BCUT2D eigenvalue weighted by Gasteiger charge is -2.20. The number of anilines is 1. The van der Waals surface area contributed by atoms with Gasteiger partial charge < -0.3 is 10.1 Å². The summed E-state index contributed by atoms with van der Waals surface area (Å²) >= 11 is 0. The summed E-state index contributed by atoms with van der Waals surface area (Å²) in [6.45, 7) is 6.15. The van der Waals surface area contributed by atoms with Crippen LogP contribution in [-0.4, -0.2) is 24.3 Å². The monoisotopic (exact) mass is 451 g/mol. The first kappa shape index (κ1) is 24.3. The lowest BCUT2D eigenvalue weighted by Crippen LogP contribution is -2.43. The molecule has 0 saturated heterocycles. The SMILES string of the molecule is CC(C)(C)c1ccc(OCC(=O)NNC(=O)c2ccc(NC(=O)C3CCCCC3)cc2)cc1. The maximum absolute atomic E-state index is 12.3. The van der Waals surface area contributed by atoms with Gasteiger partial charge in [0.1, 0.15) is 5.75 Å². The molecular weight excluding hydrogens is 418 g/mol. The van der Waals surface area contributed by atoms with Crippen LogP contribution in [0.1, 0.15) is 68.8 Å². The largest absolute Gasteiger partial charge is 0.484 e. The summed E-state index contributed by atoms with van der Waals surface area (Å²) in [6, 6.07) is 14.1. The maximum atomic E-state index is 12.3. The van der Waals surface area contributed by atoms with Gasteiger partial charge in [0.2, 0.25) is 5.91 Å². The molecule has 0 bridgehead atoms. The minimum absolute atomic E-state index is 0.0345. The van der Waals surface area contributed by atoms with Crippen molar-refractivity contribution in [3.05, 3.63) is 59.7 Å². The third-order valence-corrected chi connectivity index (χ3v) is 5.80. The average molecular weight is 452 g/mol. The predicted molar refractivity (Wildman–Crippen MR) is 128 cm³/mol. The van der Waals surface area contributed by atoms with Crippen molar-refractivity contribution in [2.45, 2.75) is 58.3 Å². The number of hydrogen-bond donors (Lipinski definition) is 3. The van der Waals surface area contributed by atoms with Gasteiger partial charge in [0, 0.05) is 17.2 Å². The molecule has 7 heteroatoms. The molecule has 0 spiro atoms. The first-order valence-electron chi connectivity index (χ1n) is 11.5. The van der Waals surface area contributed by atoms with Crippen LogP contribution in [0, 0.1) is 5.92 Å². The molecule has 2 aromatic carbocycles. The summed E-state index contributed by atoms with van der Waals surface area (Å²) in [5, 5.41) is 2.91. The lowest BCUT2D eigenvalue weighted by molar-refractivity contribution is -0.124. The van der Waals surface area contributed by atoms with E-state index in [0.29, 0.717) is 17.0 Å². The molecule has 0 aliphatic heterocycles. The number of hydrogen-bond acceptors (Lipinski definition) is 4. The molecule has 7 nitrogen and oxygen atoms in total. The second-order valence-corrected chi connectivity index (χ2v) is 9.47. The number of amides is 3. The fraction of sp³-hybridized carbons (Fsp3) is 0.423. The molecule has 1 saturated carbocycles. The normalized spacial score (nSPS) is 14.3. The van der Waals surface area contributed by atoms with Crippen LogP contribution in [0.5, 0.6) is 5.75 Å². The third-order valence-electron chi connectivity index (χ3n) is 5.80. The number of carbonyl (C=O) groups is 3. The minimum atomic E-state index is -0.473. The van der Waals surface area contributed by atoms with Gasteiger partial charge in [-0.1, -0.05) is 52.2 Å². The molecule has 0 unspecified atom stereocenters. The zero-order valence-electron chi connectivity index (χ0n) is 19.6. The van der Waals surface area contributed by atoms with E-state index in [2.05, 4.69) is 36.9 Å². The standard InChI is InChI=1S/C26H33N3O4/c1-26(2,3)20-11-15-22(16-12-20)33-17-23(30)28-29-25(32)19-9-13-21(14-10-19)27-24(31)18-7-5-4-6-8-18/h9-16,18H,4-8,17H2,1-3H3,(H,27,31)(H,28,30)(H,29,32). The molecule has 2 aromatic rings. The molecule has 33 heavy (non-hydrogen) atoms. The molecule has 0 radical (unpaired) electrons. The summed E-state index contributed by atoms with van der Waals surface area (Å²) in [5.74, 6) is -0.249. The van der Waals surface area contributed by atoms with Gasteiger partial charge in [0.15, 0.2) is 6.61 Å². The van der Waals surface area contributed by atoms with E-state index in [1.54, 1.807) is 24.3 Å². The molecule has 1 fully saturated rings. The molecule has 3 N–H and O–H groups in total. The van der Waals surface area contributed by atoms with E-state index in [1.165, 1.54) is 12.0 Å². The highest BCUT2D eigenvalue weighted by atomic mass is 16.5. The van der Waals surface area contributed by atoms with E-state index in [1.807, 2.05) is 24.3 Å². The summed E-state index contributed by atoms with van der Waals surface area (Å²) in [6.07, 6.45) is 5.24. The topological polar surface area (TPSA) is 96.5 Å². The van der Waals surface area contributed by atoms with Crippen LogP contribution >= 0.6 is 0 Å². The second-order valence-electron chi connectivity index (χ2n) is 9.47. The Balaban J connectivity index is 1.41. The highest BCUT2D eigenvalue weighted by Gasteiger charge is 2.21. The van der Waals surface area contributed by atoms with Crippen LogP contribution < -0.4 is 20.9 Å². The molecular formula is C26H33N3O4. The molecule has 1 aliphatic carbocycles. The van der Waals surface area contributed by atoms with Crippen LogP contribution in [0.4, 0.5) is 5.69 Å². The second kappa shape index (κ2) is 11.0. The molecule has 176 valence electrons. The Morgan fingerprint density at radius 1 is 0.879 bits per heavy atom. The van der Waals surface area contributed by atoms with Crippen LogP contribution in [0.3, 0.4) is 0 Å². The lowest BCUT2D eigenvalue weighted by atomic mass is 9.87.